The maximum atomic E-state index is 11.8. The van der Waals surface area contributed by atoms with Crippen molar-refractivity contribution >= 4 is 23.6 Å². The number of carbonyl (C=O) groups is 1. The van der Waals surface area contributed by atoms with Gasteiger partial charge in [0, 0.05) is 12.1 Å². The summed E-state index contributed by atoms with van der Waals surface area (Å²) < 4.78 is 1.66. The molecule has 0 aliphatic carbocycles. The highest BCUT2D eigenvalue weighted by Crippen LogP contribution is 2.26. The summed E-state index contributed by atoms with van der Waals surface area (Å²) in [5, 5.41) is 19.3. The Hall–Kier alpha value is -2.28. The van der Waals surface area contributed by atoms with Gasteiger partial charge in [-0.25, -0.2) is 14.5 Å². The topological polar surface area (TPSA) is 92.1 Å². The number of carbonyl (C=O) groups excluding carboxylic acids is 1. The van der Waals surface area contributed by atoms with Crippen LogP contribution in [0.2, 0.25) is 5.02 Å². The molecule has 0 saturated carbocycles. The van der Waals surface area contributed by atoms with E-state index in [1.807, 2.05) is 20.8 Å². The summed E-state index contributed by atoms with van der Waals surface area (Å²) in [5.41, 5.74) is 0.312. The number of para-hydroxylation sites is 1. The van der Waals surface area contributed by atoms with E-state index in [1.165, 1.54) is 0 Å². The van der Waals surface area contributed by atoms with Crippen molar-refractivity contribution in [2.75, 3.05) is 5.32 Å². The van der Waals surface area contributed by atoms with Crippen molar-refractivity contribution in [3.63, 3.8) is 0 Å². The lowest BCUT2D eigenvalue weighted by molar-refractivity contribution is 0.251. The van der Waals surface area contributed by atoms with Crippen LogP contribution in [0, 0.1) is 0 Å². The quantitative estimate of drug-likeness (QED) is 0.809. The van der Waals surface area contributed by atoms with Gasteiger partial charge in [-0.05, 0) is 26.8 Å². The van der Waals surface area contributed by atoms with Gasteiger partial charge in [0.15, 0.2) is 0 Å². The molecule has 0 unspecified atom stereocenters. The molecule has 0 fully saturated rings. The molecule has 2 aromatic rings. The molecule has 0 spiro atoms. The predicted molar refractivity (Wildman–Crippen MR) is 84.0 cm³/mol. The SMILES string of the molecule is CC(C)(C)n1cnc(NC(=O)NCc2cccc(Cl)c2O)n1. The van der Waals surface area contributed by atoms with Gasteiger partial charge in [0.25, 0.3) is 0 Å². The first-order valence-electron chi connectivity index (χ1n) is 6.71. The van der Waals surface area contributed by atoms with Crippen LogP contribution in [0.25, 0.3) is 0 Å². The molecule has 22 heavy (non-hydrogen) atoms. The third kappa shape index (κ3) is 3.88. The van der Waals surface area contributed by atoms with Crippen LogP contribution in [0.4, 0.5) is 10.7 Å². The molecule has 2 amide bonds. The van der Waals surface area contributed by atoms with E-state index in [1.54, 1.807) is 29.2 Å². The van der Waals surface area contributed by atoms with Gasteiger partial charge < -0.3 is 10.4 Å². The number of halogens is 1. The lowest BCUT2D eigenvalue weighted by atomic mass is 10.1. The number of nitrogens with one attached hydrogen (secondary N) is 2. The Balaban J connectivity index is 1.93. The third-order valence-corrected chi connectivity index (χ3v) is 3.22. The van der Waals surface area contributed by atoms with Crippen molar-refractivity contribution < 1.29 is 9.90 Å². The van der Waals surface area contributed by atoms with Gasteiger partial charge in [0.1, 0.15) is 12.1 Å². The minimum atomic E-state index is -0.467. The number of phenolic OH excluding ortho intramolecular Hbond substituents is 1. The Morgan fingerprint density at radius 3 is 2.77 bits per heavy atom. The van der Waals surface area contributed by atoms with E-state index in [0.717, 1.165) is 0 Å². The van der Waals surface area contributed by atoms with Crippen LogP contribution in [-0.2, 0) is 12.1 Å². The van der Waals surface area contributed by atoms with Crippen LogP contribution in [0.15, 0.2) is 24.5 Å². The summed E-state index contributed by atoms with van der Waals surface area (Å²) in [6.07, 6.45) is 1.55. The zero-order valence-corrected chi connectivity index (χ0v) is 13.3. The Morgan fingerprint density at radius 1 is 1.41 bits per heavy atom. The number of hydrogen-bond donors (Lipinski definition) is 3. The highest BCUT2D eigenvalue weighted by Gasteiger charge is 2.16. The van der Waals surface area contributed by atoms with Crippen molar-refractivity contribution in [3.8, 4) is 5.75 Å². The number of benzene rings is 1. The average Bonchev–Trinajstić information content (AvgIpc) is 2.89. The largest absolute Gasteiger partial charge is 0.506 e. The molecule has 7 nitrogen and oxygen atoms in total. The number of nitrogens with zero attached hydrogens (tertiary/aromatic N) is 3. The predicted octanol–water partition coefficient (Wildman–Crippen LogP) is 2.71. The molecular weight excluding hydrogens is 306 g/mol. The van der Waals surface area contributed by atoms with Crippen molar-refractivity contribution in [3.05, 3.63) is 35.1 Å². The Bertz CT molecular complexity index is 678. The molecule has 118 valence electrons. The minimum absolute atomic E-state index is 0.0420. The van der Waals surface area contributed by atoms with E-state index in [4.69, 9.17) is 11.6 Å². The fraction of sp³-hybridized carbons (Fsp3) is 0.357. The number of phenols is 1. The third-order valence-electron chi connectivity index (χ3n) is 2.91. The number of rotatable bonds is 3. The second kappa shape index (κ2) is 6.23. The summed E-state index contributed by atoms with van der Waals surface area (Å²) in [5.74, 6) is 0.169. The van der Waals surface area contributed by atoms with E-state index < -0.39 is 6.03 Å². The second-order valence-corrected chi connectivity index (χ2v) is 6.15. The van der Waals surface area contributed by atoms with Gasteiger partial charge in [0.05, 0.1) is 10.6 Å². The zero-order valence-electron chi connectivity index (χ0n) is 12.6. The van der Waals surface area contributed by atoms with Crippen LogP contribution < -0.4 is 10.6 Å². The number of aromatic nitrogens is 3. The molecule has 0 atom stereocenters. The molecule has 0 radical (unpaired) electrons. The number of anilines is 1. The number of urea groups is 1. The molecule has 1 aromatic heterocycles. The molecule has 2 rings (SSSR count). The molecule has 0 bridgehead atoms. The first kappa shape index (κ1) is 16.1. The summed E-state index contributed by atoms with van der Waals surface area (Å²) in [4.78, 5) is 15.8. The van der Waals surface area contributed by atoms with E-state index in [9.17, 15) is 9.90 Å². The van der Waals surface area contributed by atoms with Gasteiger partial charge in [-0.1, -0.05) is 23.7 Å². The normalized spacial score (nSPS) is 11.3. The minimum Gasteiger partial charge on any atom is -0.506 e. The van der Waals surface area contributed by atoms with Crippen LogP contribution in [-0.4, -0.2) is 25.9 Å². The van der Waals surface area contributed by atoms with Crippen LogP contribution >= 0.6 is 11.6 Å². The maximum absolute atomic E-state index is 11.8. The Labute approximate surface area is 133 Å². The summed E-state index contributed by atoms with van der Waals surface area (Å²) >= 11 is 5.80. The fourth-order valence-corrected chi connectivity index (χ4v) is 1.86. The highest BCUT2D eigenvalue weighted by atomic mass is 35.5. The van der Waals surface area contributed by atoms with Crippen molar-refractivity contribution in [1.82, 2.24) is 20.1 Å². The number of aromatic hydroxyl groups is 1. The smallest absolute Gasteiger partial charge is 0.321 e. The molecular formula is C14H18ClN5O2. The van der Waals surface area contributed by atoms with Gasteiger partial charge in [-0.2, -0.15) is 0 Å². The van der Waals surface area contributed by atoms with Gasteiger partial charge >= 0.3 is 6.03 Å². The van der Waals surface area contributed by atoms with Gasteiger partial charge in [-0.15, -0.1) is 5.10 Å². The second-order valence-electron chi connectivity index (χ2n) is 5.74. The lowest BCUT2D eigenvalue weighted by Crippen LogP contribution is -2.29. The Morgan fingerprint density at radius 2 is 2.14 bits per heavy atom. The van der Waals surface area contributed by atoms with Gasteiger partial charge in [0.2, 0.25) is 5.95 Å². The van der Waals surface area contributed by atoms with Crippen LogP contribution in [0.1, 0.15) is 26.3 Å². The first-order chi connectivity index (χ1) is 10.3. The lowest BCUT2D eigenvalue weighted by Gasteiger charge is -2.17. The van der Waals surface area contributed by atoms with E-state index >= 15 is 0 Å². The first-order valence-corrected chi connectivity index (χ1v) is 7.08. The zero-order chi connectivity index (χ0) is 16.3. The molecule has 1 aromatic carbocycles. The molecule has 8 heteroatoms. The van der Waals surface area contributed by atoms with Crippen LogP contribution in [0.3, 0.4) is 0 Å². The van der Waals surface area contributed by atoms with Crippen molar-refractivity contribution in [1.29, 1.82) is 0 Å². The summed E-state index contributed by atoms with van der Waals surface area (Å²) in [6, 6.07) is 4.48. The molecule has 0 aliphatic heterocycles. The van der Waals surface area contributed by atoms with E-state index in [-0.39, 0.29) is 28.8 Å². The average molecular weight is 324 g/mol. The monoisotopic (exact) mass is 323 g/mol. The highest BCUT2D eigenvalue weighted by molar-refractivity contribution is 6.32. The molecule has 0 aliphatic rings. The standard InChI is InChI=1S/C14H18ClN5O2/c1-14(2,3)20-8-17-12(19-20)18-13(22)16-7-9-5-4-6-10(15)11(9)21/h4-6,8,21H,7H2,1-3H3,(H2,16,18,19,22). The number of hydrogen-bond acceptors (Lipinski definition) is 4. The molecule has 3 N–H and O–H groups in total. The molecule has 1 heterocycles. The maximum Gasteiger partial charge on any atom is 0.321 e. The summed E-state index contributed by atoms with van der Waals surface area (Å²) in [7, 11) is 0. The van der Waals surface area contributed by atoms with Crippen molar-refractivity contribution in [2.24, 2.45) is 0 Å². The van der Waals surface area contributed by atoms with E-state index in [0.29, 0.717) is 5.56 Å². The van der Waals surface area contributed by atoms with Gasteiger partial charge in [-0.3, -0.25) is 5.32 Å². The van der Waals surface area contributed by atoms with Crippen molar-refractivity contribution in [2.45, 2.75) is 32.9 Å². The number of amides is 2. The Kier molecular flexibility index (Phi) is 4.56. The molecule has 0 saturated heterocycles. The van der Waals surface area contributed by atoms with Crippen LogP contribution in [0.5, 0.6) is 5.75 Å². The fourth-order valence-electron chi connectivity index (χ4n) is 1.67. The van der Waals surface area contributed by atoms with E-state index in [2.05, 4.69) is 20.7 Å². The summed E-state index contributed by atoms with van der Waals surface area (Å²) in [6.45, 7) is 6.08.